The Hall–Kier alpha value is -0.450. The molecular formula is C10H14BrFN2. The van der Waals surface area contributed by atoms with Gasteiger partial charge in [-0.1, -0.05) is 19.9 Å². The molecule has 0 fully saturated rings. The monoisotopic (exact) mass is 260 g/mol. The third kappa shape index (κ3) is 2.53. The molecule has 0 radical (unpaired) electrons. The molecule has 78 valence electrons. The smallest absolute Gasteiger partial charge is 0.137 e. The summed E-state index contributed by atoms with van der Waals surface area (Å²) in [6.45, 7) is 4.06. The highest BCUT2D eigenvalue weighted by Gasteiger charge is 2.14. The third-order valence-corrected chi connectivity index (χ3v) is 2.79. The van der Waals surface area contributed by atoms with Gasteiger partial charge in [-0.3, -0.25) is 11.3 Å². The van der Waals surface area contributed by atoms with Crippen molar-refractivity contribution in [3.8, 4) is 0 Å². The van der Waals surface area contributed by atoms with E-state index in [1.54, 1.807) is 6.07 Å². The van der Waals surface area contributed by atoms with Gasteiger partial charge in [0.2, 0.25) is 0 Å². The molecule has 1 rings (SSSR count). The lowest BCUT2D eigenvalue weighted by atomic mass is 9.97. The Morgan fingerprint density at radius 2 is 2.07 bits per heavy atom. The first-order chi connectivity index (χ1) is 6.56. The van der Waals surface area contributed by atoms with Gasteiger partial charge in [-0.25, -0.2) is 4.39 Å². The van der Waals surface area contributed by atoms with Crippen molar-refractivity contribution in [1.29, 1.82) is 0 Å². The van der Waals surface area contributed by atoms with Gasteiger partial charge in [0.05, 0.1) is 4.47 Å². The van der Waals surface area contributed by atoms with Gasteiger partial charge in [0.15, 0.2) is 0 Å². The Labute approximate surface area is 91.8 Å². The van der Waals surface area contributed by atoms with Crippen LogP contribution in [0.3, 0.4) is 0 Å². The van der Waals surface area contributed by atoms with E-state index >= 15 is 0 Å². The topological polar surface area (TPSA) is 38.0 Å². The predicted molar refractivity (Wildman–Crippen MR) is 59.0 cm³/mol. The Morgan fingerprint density at radius 1 is 1.43 bits per heavy atom. The Morgan fingerprint density at radius 3 is 2.50 bits per heavy atom. The molecule has 0 aliphatic carbocycles. The van der Waals surface area contributed by atoms with Crippen molar-refractivity contribution in [3.63, 3.8) is 0 Å². The molecule has 0 aromatic heterocycles. The molecular weight excluding hydrogens is 247 g/mol. The molecule has 1 aromatic rings. The SMILES string of the molecule is CC(C)C(NN)c1ccc(Br)c(F)c1. The van der Waals surface area contributed by atoms with E-state index in [9.17, 15) is 4.39 Å². The van der Waals surface area contributed by atoms with Crippen molar-refractivity contribution in [2.75, 3.05) is 0 Å². The number of benzene rings is 1. The van der Waals surface area contributed by atoms with E-state index in [1.807, 2.05) is 19.9 Å². The second-order valence-electron chi connectivity index (χ2n) is 3.56. The second-order valence-corrected chi connectivity index (χ2v) is 4.42. The third-order valence-electron chi connectivity index (χ3n) is 2.15. The first-order valence-corrected chi connectivity index (χ1v) is 5.26. The largest absolute Gasteiger partial charge is 0.271 e. The minimum atomic E-state index is -0.261. The summed E-state index contributed by atoms with van der Waals surface area (Å²) < 4.78 is 13.7. The summed E-state index contributed by atoms with van der Waals surface area (Å²) >= 11 is 3.11. The quantitative estimate of drug-likeness (QED) is 0.648. The van der Waals surface area contributed by atoms with Crippen molar-refractivity contribution in [3.05, 3.63) is 34.1 Å². The zero-order chi connectivity index (χ0) is 10.7. The lowest BCUT2D eigenvalue weighted by Gasteiger charge is -2.20. The minimum absolute atomic E-state index is 0.0161. The second kappa shape index (κ2) is 4.87. The summed E-state index contributed by atoms with van der Waals surface area (Å²) in [5, 5.41) is 0. The lowest BCUT2D eigenvalue weighted by Crippen LogP contribution is -2.31. The van der Waals surface area contributed by atoms with Crippen LogP contribution < -0.4 is 11.3 Å². The molecule has 2 nitrogen and oxygen atoms in total. The van der Waals surface area contributed by atoms with Crippen LogP contribution in [-0.4, -0.2) is 0 Å². The average molecular weight is 261 g/mol. The van der Waals surface area contributed by atoms with E-state index < -0.39 is 0 Å². The molecule has 1 aromatic carbocycles. The van der Waals surface area contributed by atoms with E-state index in [-0.39, 0.29) is 11.9 Å². The van der Waals surface area contributed by atoms with E-state index in [1.165, 1.54) is 6.07 Å². The maximum atomic E-state index is 13.2. The zero-order valence-electron chi connectivity index (χ0n) is 8.22. The molecule has 0 heterocycles. The highest BCUT2D eigenvalue weighted by atomic mass is 79.9. The normalized spacial score (nSPS) is 13.3. The highest BCUT2D eigenvalue weighted by Crippen LogP contribution is 2.24. The van der Waals surface area contributed by atoms with Gasteiger partial charge in [-0.15, -0.1) is 0 Å². The van der Waals surface area contributed by atoms with Crippen molar-refractivity contribution >= 4 is 15.9 Å². The molecule has 14 heavy (non-hydrogen) atoms. The summed E-state index contributed by atoms with van der Waals surface area (Å²) in [5.74, 6) is 5.47. The van der Waals surface area contributed by atoms with Gasteiger partial charge >= 0.3 is 0 Å². The lowest BCUT2D eigenvalue weighted by molar-refractivity contribution is 0.419. The van der Waals surface area contributed by atoms with Crippen molar-refractivity contribution in [2.24, 2.45) is 11.8 Å². The van der Waals surface area contributed by atoms with Crippen LogP contribution in [0.5, 0.6) is 0 Å². The molecule has 0 bridgehead atoms. The van der Waals surface area contributed by atoms with Crippen LogP contribution in [0.15, 0.2) is 22.7 Å². The number of rotatable bonds is 3. The van der Waals surface area contributed by atoms with Gasteiger partial charge in [0, 0.05) is 6.04 Å². The van der Waals surface area contributed by atoms with Crippen LogP contribution >= 0.6 is 15.9 Å². The fraction of sp³-hybridized carbons (Fsp3) is 0.400. The maximum Gasteiger partial charge on any atom is 0.137 e. The molecule has 3 N–H and O–H groups in total. The fourth-order valence-corrected chi connectivity index (χ4v) is 1.63. The molecule has 0 aliphatic rings. The van der Waals surface area contributed by atoms with Crippen molar-refractivity contribution in [1.82, 2.24) is 5.43 Å². The number of hydrogen-bond acceptors (Lipinski definition) is 2. The summed E-state index contributed by atoms with van der Waals surface area (Å²) in [5.41, 5.74) is 3.55. The fourth-order valence-electron chi connectivity index (χ4n) is 1.38. The molecule has 0 spiro atoms. The van der Waals surface area contributed by atoms with Crippen molar-refractivity contribution in [2.45, 2.75) is 19.9 Å². The zero-order valence-corrected chi connectivity index (χ0v) is 9.81. The minimum Gasteiger partial charge on any atom is -0.271 e. The molecule has 0 aliphatic heterocycles. The number of hydrazine groups is 1. The van der Waals surface area contributed by atoms with Crippen molar-refractivity contribution < 1.29 is 4.39 Å². The number of nitrogens with one attached hydrogen (secondary N) is 1. The first-order valence-electron chi connectivity index (χ1n) is 4.47. The predicted octanol–water partition coefficient (Wildman–Crippen LogP) is 2.75. The van der Waals surface area contributed by atoms with Crippen LogP contribution in [-0.2, 0) is 0 Å². The summed E-state index contributed by atoms with van der Waals surface area (Å²) in [7, 11) is 0. The van der Waals surface area contributed by atoms with E-state index in [2.05, 4.69) is 21.4 Å². The van der Waals surface area contributed by atoms with Crippen LogP contribution in [0.25, 0.3) is 0 Å². The van der Waals surface area contributed by atoms with E-state index in [0.29, 0.717) is 10.4 Å². The van der Waals surface area contributed by atoms with Gasteiger partial charge in [0.1, 0.15) is 5.82 Å². The molecule has 0 amide bonds. The Kier molecular flexibility index (Phi) is 4.04. The van der Waals surface area contributed by atoms with Gasteiger partial charge < -0.3 is 0 Å². The maximum absolute atomic E-state index is 13.2. The average Bonchev–Trinajstić information content (AvgIpc) is 2.11. The van der Waals surface area contributed by atoms with E-state index in [0.717, 1.165) is 5.56 Å². The summed E-state index contributed by atoms with van der Waals surface area (Å²) in [4.78, 5) is 0. The molecule has 4 heteroatoms. The molecule has 1 unspecified atom stereocenters. The number of halogens is 2. The number of hydrogen-bond donors (Lipinski definition) is 2. The highest BCUT2D eigenvalue weighted by molar-refractivity contribution is 9.10. The Bertz CT molecular complexity index is 315. The van der Waals surface area contributed by atoms with Crippen LogP contribution in [0.2, 0.25) is 0 Å². The van der Waals surface area contributed by atoms with Crippen LogP contribution in [0, 0.1) is 11.7 Å². The van der Waals surface area contributed by atoms with Crippen LogP contribution in [0.4, 0.5) is 4.39 Å². The van der Waals surface area contributed by atoms with Gasteiger partial charge in [-0.2, -0.15) is 0 Å². The number of nitrogens with two attached hydrogens (primary N) is 1. The molecule has 0 saturated carbocycles. The first kappa shape index (κ1) is 11.6. The van der Waals surface area contributed by atoms with E-state index in [4.69, 9.17) is 5.84 Å². The summed E-state index contributed by atoms with van der Waals surface area (Å²) in [6.07, 6.45) is 0. The van der Waals surface area contributed by atoms with Gasteiger partial charge in [-0.05, 0) is 39.5 Å². The summed E-state index contributed by atoms with van der Waals surface area (Å²) in [6, 6.07) is 5.03. The van der Waals surface area contributed by atoms with Gasteiger partial charge in [0.25, 0.3) is 0 Å². The molecule has 1 atom stereocenters. The van der Waals surface area contributed by atoms with Crippen LogP contribution in [0.1, 0.15) is 25.5 Å². The standard InChI is InChI=1S/C10H14BrFN2/c1-6(2)10(14-13)7-3-4-8(11)9(12)5-7/h3-6,10,14H,13H2,1-2H3. The Balaban J connectivity index is 3.00. The molecule has 0 saturated heterocycles.